The van der Waals surface area contributed by atoms with Gasteiger partial charge in [0.15, 0.2) is 5.65 Å². The molecule has 0 unspecified atom stereocenters. The van der Waals surface area contributed by atoms with Gasteiger partial charge in [0.05, 0.1) is 22.8 Å². The van der Waals surface area contributed by atoms with Crippen molar-refractivity contribution in [2.45, 2.75) is 19.4 Å². The Balaban J connectivity index is 1.35. The Morgan fingerprint density at radius 3 is 3.00 bits per heavy atom. The number of carbonyl (C=O) groups is 1. The largest absolute Gasteiger partial charge is 0.491 e. The first kappa shape index (κ1) is 16.9. The lowest BCUT2D eigenvalue weighted by Crippen LogP contribution is -2.42. The second-order valence-electron chi connectivity index (χ2n) is 6.87. The number of amides is 1. The number of para-hydroxylation sites is 1. The van der Waals surface area contributed by atoms with Crippen molar-refractivity contribution in [1.29, 1.82) is 0 Å². The number of ether oxygens (including phenoxy) is 1. The predicted molar refractivity (Wildman–Crippen MR) is 108 cm³/mol. The average Bonchev–Trinajstić information content (AvgIpc) is 3.33. The molecule has 1 atom stereocenters. The van der Waals surface area contributed by atoms with Crippen molar-refractivity contribution in [3.8, 4) is 16.3 Å². The standard InChI is InChI=1S/C21H18N4O2S/c1-13-6-7-19(28-13)16-10-25-11-17(24-20(25)9-22-16)21(26)23-15-8-14-4-2-3-5-18(14)27-12-15/h2-7,9-11,15H,8,12H2,1H3,(H,23,26)/t15-/m1/s1. The molecule has 0 aliphatic carbocycles. The second-order valence-corrected chi connectivity index (χ2v) is 8.16. The summed E-state index contributed by atoms with van der Waals surface area (Å²) in [5.74, 6) is 0.688. The summed E-state index contributed by atoms with van der Waals surface area (Å²) in [7, 11) is 0. The number of hydrogen-bond acceptors (Lipinski definition) is 5. The third kappa shape index (κ3) is 3.14. The number of thiophene rings is 1. The van der Waals surface area contributed by atoms with Crippen molar-refractivity contribution < 1.29 is 9.53 Å². The highest BCUT2D eigenvalue weighted by Gasteiger charge is 2.22. The van der Waals surface area contributed by atoms with Gasteiger partial charge in [-0.3, -0.25) is 4.79 Å². The lowest BCUT2D eigenvalue weighted by atomic mass is 10.0. The zero-order valence-corrected chi connectivity index (χ0v) is 16.1. The van der Waals surface area contributed by atoms with E-state index in [1.165, 1.54) is 4.88 Å². The summed E-state index contributed by atoms with van der Waals surface area (Å²) in [6.07, 6.45) is 6.10. The molecule has 140 valence electrons. The Morgan fingerprint density at radius 1 is 1.25 bits per heavy atom. The van der Waals surface area contributed by atoms with Crippen LogP contribution in [0.25, 0.3) is 16.2 Å². The first-order chi connectivity index (χ1) is 13.7. The van der Waals surface area contributed by atoms with Crippen LogP contribution in [0.2, 0.25) is 0 Å². The summed E-state index contributed by atoms with van der Waals surface area (Å²) in [5.41, 5.74) is 2.99. The normalized spacial score (nSPS) is 15.8. The van der Waals surface area contributed by atoms with E-state index in [4.69, 9.17) is 4.74 Å². The minimum atomic E-state index is -0.204. The molecular weight excluding hydrogens is 372 g/mol. The Hall–Kier alpha value is -3.19. The van der Waals surface area contributed by atoms with Crippen LogP contribution < -0.4 is 10.1 Å². The quantitative estimate of drug-likeness (QED) is 0.581. The van der Waals surface area contributed by atoms with Gasteiger partial charge in [-0.1, -0.05) is 18.2 Å². The SMILES string of the molecule is Cc1ccc(-c2cn3cc(C(=O)N[C@H]4COc5ccccc5C4)nc3cn2)s1. The zero-order chi connectivity index (χ0) is 19.1. The zero-order valence-electron chi connectivity index (χ0n) is 15.3. The number of rotatable bonds is 3. The van der Waals surface area contributed by atoms with Crippen molar-refractivity contribution in [1.82, 2.24) is 19.7 Å². The van der Waals surface area contributed by atoms with Gasteiger partial charge in [0, 0.05) is 17.3 Å². The number of hydrogen-bond donors (Lipinski definition) is 1. The first-order valence-electron chi connectivity index (χ1n) is 9.09. The van der Waals surface area contributed by atoms with E-state index >= 15 is 0 Å². The van der Waals surface area contributed by atoms with Crippen molar-refractivity contribution in [3.63, 3.8) is 0 Å². The summed E-state index contributed by atoms with van der Waals surface area (Å²) < 4.78 is 7.60. The third-order valence-corrected chi connectivity index (χ3v) is 5.80. The van der Waals surface area contributed by atoms with E-state index in [-0.39, 0.29) is 11.9 Å². The van der Waals surface area contributed by atoms with E-state index in [0.717, 1.165) is 28.3 Å². The lowest BCUT2D eigenvalue weighted by molar-refractivity contribution is 0.0911. The van der Waals surface area contributed by atoms with E-state index < -0.39 is 0 Å². The van der Waals surface area contributed by atoms with Gasteiger partial charge >= 0.3 is 0 Å². The minimum Gasteiger partial charge on any atom is -0.491 e. The fraction of sp³-hybridized carbons (Fsp3) is 0.190. The summed E-state index contributed by atoms with van der Waals surface area (Å²) in [5, 5.41) is 3.03. The van der Waals surface area contributed by atoms with Gasteiger partial charge < -0.3 is 14.5 Å². The number of nitrogens with one attached hydrogen (secondary N) is 1. The number of imidazole rings is 1. The topological polar surface area (TPSA) is 68.5 Å². The number of nitrogens with zero attached hydrogens (tertiary/aromatic N) is 3. The Bertz CT molecular complexity index is 1180. The van der Waals surface area contributed by atoms with Crippen molar-refractivity contribution in [2.24, 2.45) is 0 Å². The fourth-order valence-corrected chi connectivity index (χ4v) is 4.22. The van der Waals surface area contributed by atoms with Gasteiger partial charge in [-0.2, -0.15) is 0 Å². The summed E-state index contributed by atoms with van der Waals surface area (Å²) in [6, 6.07) is 12.0. The van der Waals surface area contributed by atoms with Crippen LogP contribution in [-0.4, -0.2) is 32.9 Å². The third-order valence-electron chi connectivity index (χ3n) is 4.78. The molecule has 7 heteroatoms. The van der Waals surface area contributed by atoms with E-state index in [9.17, 15) is 4.79 Å². The maximum absolute atomic E-state index is 12.7. The van der Waals surface area contributed by atoms with Crippen molar-refractivity contribution in [2.75, 3.05) is 6.61 Å². The molecule has 1 aliphatic heterocycles. The van der Waals surface area contributed by atoms with Crippen LogP contribution in [0.3, 0.4) is 0 Å². The molecule has 0 radical (unpaired) electrons. The highest BCUT2D eigenvalue weighted by atomic mass is 32.1. The summed E-state index contributed by atoms with van der Waals surface area (Å²) in [4.78, 5) is 23.9. The van der Waals surface area contributed by atoms with Crippen LogP contribution in [-0.2, 0) is 6.42 Å². The Labute approximate surface area is 165 Å². The van der Waals surface area contributed by atoms with E-state index in [0.29, 0.717) is 17.9 Å². The molecule has 3 aromatic heterocycles. The van der Waals surface area contributed by atoms with Crippen molar-refractivity contribution >= 4 is 22.9 Å². The molecule has 0 fully saturated rings. The Morgan fingerprint density at radius 2 is 2.14 bits per heavy atom. The smallest absolute Gasteiger partial charge is 0.271 e. The molecule has 4 heterocycles. The molecule has 4 aromatic rings. The highest BCUT2D eigenvalue weighted by Crippen LogP contribution is 2.26. The molecule has 5 rings (SSSR count). The first-order valence-corrected chi connectivity index (χ1v) is 9.90. The Kier molecular flexibility index (Phi) is 4.09. The van der Waals surface area contributed by atoms with Gasteiger partial charge in [0.2, 0.25) is 0 Å². The van der Waals surface area contributed by atoms with Gasteiger partial charge in [0.1, 0.15) is 18.1 Å². The van der Waals surface area contributed by atoms with Crippen LogP contribution >= 0.6 is 11.3 Å². The number of aryl methyl sites for hydroxylation is 1. The van der Waals surface area contributed by atoms with Gasteiger partial charge in [-0.05, 0) is 37.1 Å². The van der Waals surface area contributed by atoms with E-state index in [1.807, 2.05) is 34.9 Å². The molecule has 0 saturated heterocycles. The van der Waals surface area contributed by atoms with Gasteiger partial charge in [-0.25, -0.2) is 9.97 Å². The van der Waals surface area contributed by atoms with Crippen LogP contribution in [0.1, 0.15) is 20.9 Å². The molecule has 28 heavy (non-hydrogen) atoms. The lowest BCUT2D eigenvalue weighted by Gasteiger charge is -2.25. The molecule has 1 N–H and O–H groups in total. The van der Waals surface area contributed by atoms with Gasteiger partial charge in [-0.15, -0.1) is 11.3 Å². The average molecular weight is 390 g/mol. The minimum absolute atomic E-state index is 0.0741. The van der Waals surface area contributed by atoms with Crippen LogP contribution in [0.4, 0.5) is 0 Å². The number of aromatic nitrogens is 3. The molecule has 1 aliphatic rings. The van der Waals surface area contributed by atoms with E-state index in [1.54, 1.807) is 23.7 Å². The summed E-state index contributed by atoms with van der Waals surface area (Å²) >= 11 is 1.69. The highest BCUT2D eigenvalue weighted by molar-refractivity contribution is 7.15. The van der Waals surface area contributed by atoms with Crippen LogP contribution in [0.15, 0.2) is 55.0 Å². The second kappa shape index (κ2) is 6.76. The number of fused-ring (bicyclic) bond motifs is 2. The molecule has 6 nitrogen and oxygen atoms in total. The number of benzene rings is 1. The number of carbonyl (C=O) groups excluding carboxylic acids is 1. The summed E-state index contributed by atoms with van der Waals surface area (Å²) in [6.45, 7) is 2.53. The van der Waals surface area contributed by atoms with E-state index in [2.05, 4.69) is 34.3 Å². The van der Waals surface area contributed by atoms with Crippen molar-refractivity contribution in [3.05, 3.63) is 71.1 Å². The maximum Gasteiger partial charge on any atom is 0.271 e. The maximum atomic E-state index is 12.7. The molecule has 1 aromatic carbocycles. The molecule has 0 saturated carbocycles. The molecular formula is C21H18N4O2S. The fourth-order valence-electron chi connectivity index (χ4n) is 3.39. The molecule has 0 bridgehead atoms. The van der Waals surface area contributed by atoms with Gasteiger partial charge in [0.25, 0.3) is 5.91 Å². The predicted octanol–water partition coefficient (Wildman–Crippen LogP) is 3.50. The van der Waals surface area contributed by atoms with Crippen LogP contribution in [0.5, 0.6) is 5.75 Å². The van der Waals surface area contributed by atoms with Crippen LogP contribution in [0, 0.1) is 6.92 Å². The molecule has 1 amide bonds. The monoisotopic (exact) mass is 390 g/mol. The molecule has 0 spiro atoms.